The lowest BCUT2D eigenvalue weighted by molar-refractivity contribution is -0.128. The molecule has 2 aliphatic carbocycles. The van der Waals surface area contributed by atoms with Gasteiger partial charge in [0.25, 0.3) is 0 Å². The number of fused-ring (bicyclic) bond motifs is 3. The summed E-state index contributed by atoms with van der Waals surface area (Å²) in [5, 5.41) is 11.0. The highest BCUT2D eigenvalue weighted by Gasteiger charge is 2.62. The van der Waals surface area contributed by atoms with Gasteiger partial charge in [-0.3, -0.25) is 4.79 Å². The highest BCUT2D eigenvalue weighted by molar-refractivity contribution is 5.98. The number of carbonyl (C=O) groups is 1. The maximum absolute atomic E-state index is 12.9. The minimum absolute atomic E-state index is 0.0440. The third kappa shape index (κ3) is 2.08. The molecule has 2 bridgehead atoms. The first-order valence-electron chi connectivity index (χ1n) is 8.53. The molecule has 0 amide bonds. The maximum Gasteiger partial charge on any atom is 0.231 e. The van der Waals surface area contributed by atoms with Crippen LogP contribution in [0.2, 0.25) is 0 Å². The molecule has 3 aliphatic rings. The predicted molar refractivity (Wildman–Crippen MR) is 91.3 cm³/mol. The molecule has 0 saturated heterocycles. The summed E-state index contributed by atoms with van der Waals surface area (Å²) in [5.41, 5.74) is 0.429. The van der Waals surface area contributed by atoms with Crippen molar-refractivity contribution < 1.29 is 24.1 Å². The van der Waals surface area contributed by atoms with Crippen molar-refractivity contribution >= 4 is 5.78 Å². The lowest BCUT2D eigenvalue weighted by atomic mass is 9.70. The normalized spacial score (nSPS) is 35.5. The maximum atomic E-state index is 12.9. The van der Waals surface area contributed by atoms with E-state index >= 15 is 0 Å². The van der Waals surface area contributed by atoms with E-state index in [2.05, 4.69) is 13.5 Å². The third-order valence-corrected chi connectivity index (χ3v) is 6.11. The monoisotopic (exact) mass is 342 g/mol. The van der Waals surface area contributed by atoms with E-state index in [9.17, 15) is 9.90 Å². The zero-order chi connectivity index (χ0) is 17.8. The highest BCUT2D eigenvalue weighted by atomic mass is 16.7. The number of methoxy groups -OCH3 is 1. The van der Waals surface area contributed by atoms with Crippen LogP contribution in [0.1, 0.15) is 24.8 Å². The molecule has 0 spiro atoms. The Kier molecular flexibility index (Phi) is 3.65. The summed E-state index contributed by atoms with van der Waals surface area (Å²) in [6.45, 7) is 6.14. The van der Waals surface area contributed by atoms with Crippen molar-refractivity contribution in [3.63, 3.8) is 0 Å². The average Bonchev–Trinajstić information content (AvgIpc) is 3.13. The number of hydrogen-bond acceptors (Lipinski definition) is 5. The van der Waals surface area contributed by atoms with Gasteiger partial charge in [-0.25, -0.2) is 0 Å². The van der Waals surface area contributed by atoms with Crippen LogP contribution in [-0.2, 0) is 9.53 Å². The van der Waals surface area contributed by atoms with E-state index in [-0.39, 0.29) is 24.4 Å². The Balaban J connectivity index is 1.83. The first kappa shape index (κ1) is 16.2. The van der Waals surface area contributed by atoms with E-state index in [0.717, 1.165) is 5.56 Å². The second-order valence-corrected chi connectivity index (χ2v) is 7.08. The average molecular weight is 342 g/mol. The number of hydrogen-bond donors (Lipinski definition) is 1. The van der Waals surface area contributed by atoms with Crippen LogP contribution >= 0.6 is 0 Å². The van der Waals surface area contributed by atoms with Crippen LogP contribution in [0.15, 0.2) is 42.7 Å². The van der Waals surface area contributed by atoms with Crippen LogP contribution < -0.4 is 9.47 Å². The third-order valence-electron chi connectivity index (χ3n) is 6.11. The van der Waals surface area contributed by atoms with Crippen molar-refractivity contribution in [1.82, 2.24) is 0 Å². The molecule has 1 fully saturated rings. The van der Waals surface area contributed by atoms with Crippen LogP contribution in [0.4, 0.5) is 0 Å². The first-order valence-corrected chi connectivity index (χ1v) is 8.53. The fourth-order valence-corrected chi connectivity index (χ4v) is 4.84. The molecule has 0 aromatic heterocycles. The van der Waals surface area contributed by atoms with Gasteiger partial charge in [-0.05, 0) is 36.1 Å². The van der Waals surface area contributed by atoms with Crippen molar-refractivity contribution in [3.8, 4) is 11.5 Å². The molecule has 1 heterocycles. The van der Waals surface area contributed by atoms with E-state index in [1.54, 1.807) is 6.08 Å². The van der Waals surface area contributed by atoms with Crippen LogP contribution in [0.5, 0.6) is 11.5 Å². The summed E-state index contributed by atoms with van der Waals surface area (Å²) >= 11 is 0. The van der Waals surface area contributed by atoms with Crippen LogP contribution in [-0.4, -0.2) is 30.9 Å². The number of Topliss-reactive ketones (excluding diaryl/α,β-unsaturated/α-hetero) is 1. The van der Waals surface area contributed by atoms with E-state index in [1.165, 1.54) is 7.11 Å². The minimum atomic E-state index is -0.762. The fraction of sp³-hybridized carbons (Fsp3) is 0.450. The first-order chi connectivity index (χ1) is 12.0. The summed E-state index contributed by atoms with van der Waals surface area (Å²) in [6.07, 6.45) is 3.45. The van der Waals surface area contributed by atoms with E-state index in [4.69, 9.17) is 14.2 Å². The van der Waals surface area contributed by atoms with Crippen molar-refractivity contribution in [3.05, 3.63) is 48.3 Å². The summed E-state index contributed by atoms with van der Waals surface area (Å²) in [6, 6.07) is 5.76. The van der Waals surface area contributed by atoms with E-state index in [1.807, 2.05) is 24.3 Å². The van der Waals surface area contributed by atoms with Gasteiger partial charge in [0.15, 0.2) is 17.3 Å². The molecular weight excluding hydrogens is 320 g/mol. The molecule has 0 unspecified atom stereocenters. The number of aliphatic hydroxyl groups is 1. The Hall–Kier alpha value is -2.27. The standard InChI is InChI=1S/C20H22O5/c1-4-7-20-9-15(23-3)18(21)17(19(20)22)16(11(20)2)12-5-6-13-14(8-12)25-10-24-13/h4-6,8-9,11,16-17,19,22H,1,7,10H2,2-3H3/t11-,16+,17-,19-,20-/m1/s1. The molecule has 25 heavy (non-hydrogen) atoms. The molecule has 5 nitrogen and oxygen atoms in total. The van der Waals surface area contributed by atoms with Gasteiger partial charge >= 0.3 is 0 Å². The topological polar surface area (TPSA) is 65.0 Å². The van der Waals surface area contributed by atoms with E-state index in [0.29, 0.717) is 23.7 Å². The molecule has 1 aliphatic heterocycles. The highest BCUT2D eigenvalue weighted by Crippen LogP contribution is 2.61. The Bertz CT molecular complexity index is 767. The molecule has 1 aromatic carbocycles. The number of benzene rings is 1. The molecule has 132 valence electrons. The van der Waals surface area contributed by atoms with Gasteiger partial charge in [-0.15, -0.1) is 6.58 Å². The quantitative estimate of drug-likeness (QED) is 0.853. The number of allylic oxidation sites excluding steroid dienone is 2. The lowest BCUT2D eigenvalue weighted by Crippen LogP contribution is -2.42. The molecule has 4 rings (SSSR count). The summed E-state index contributed by atoms with van der Waals surface area (Å²) in [4.78, 5) is 12.9. The molecule has 1 N–H and O–H groups in total. The second-order valence-electron chi connectivity index (χ2n) is 7.08. The number of carbonyl (C=O) groups excluding carboxylic acids is 1. The molecule has 0 radical (unpaired) electrons. The lowest BCUT2D eigenvalue weighted by Gasteiger charge is -2.36. The van der Waals surface area contributed by atoms with Crippen LogP contribution in [0.3, 0.4) is 0 Å². The van der Waals surface area contributed by atoms with Crippen molar-refractivity contribution in [1.29, 1.82) is 0 Å². The summed E-state index contributed by atoms with van der Waals surface area (Å²) < 4.78 is 16.2. The SMILES string of the molecule is C=CC[C@@]12C=C(OC)C(=O)[C@@H]([C@H](c3ccc4c(c3)OCO4)[C@H]1C)[C@H]2O. The number of aliphatic hydroxyl groups excluding tert-OH is 1. The van der Waals surface area contributed by atoms with Gasteiger partial charge in [0.05, 0.1) is 19.1 Å². The van der Waals surface area contributed by atoms with Crippen molar-refractivity contribution in [2.24, 2.45) is 17.3 Å². The zero-order valence-corrected chi connectivity index (χ0v) is 14.4. The van der Waals surface area contributed by atoms with Crippen LogP contribution in [0, 0.1) is 17.3 Å². The predicted octanol–water partition coefficient (Wildman–Crippen LogP) is 2.80. The molecule has 5 heteroatoms. The number of ether oxygens (including phenoxy) is 3. The van der Waals surface area contributed by atoms with Crippen LogP contribution in [0.25, 0.3) is 0 Å². The smallest absolute Gasteiger partial charge is 0.231 e. The summed E-state index contributed by atoms with van der Waals surface area (Å²) in [7, 11) is 1.50. The molecule has 1 saturated carbocycles. The fourth-order valence-electron chi connectivity index (χ4n) is 4.84. The Labute approximate surface area is 146 Å². The van der Waals surface area contributed by atoms with Gasteiger partial charge in [0.2, 0.25) is 12.6 Å². The minimum Gasteiger partial charge on any atom is -0.493 e. The Morgan fingerprint density at radius 1 is 1.36 bits per heavy atom. The number of ketones is 1. The number of rotatable bonds is 4. The second kappa shape index (κ2) is 5.63. The molecular formula is C20H22O5. The van der Waals surface area contributed by atoms with Gasteiger partial charge in [0.1, 0.15) is 0 Å². The van der Waals surface area contributed by atoms with Crippen molar-refractivity contribution in [2.75, 3.05) is 13.9 Å². The van der Waals surface area contributed by atoms with Gasteiger partial charge < -0.3 is 19.3 Å². The largest absolute Gasteiger partial charge is 0.493 e. The van der Waals surface area contributed by atoms with Crippen molar-refractivity contribution in [2.45, 2.75) is 25.4 Å². The Morgan fingerprint density at radius 3 is 2.84 bits per heavy atom. The van der Waals surface area contributed by atoms with Gasteiger partial charge in [-0.1, -0.05) is 19.1 Å². The molecule has 5 atom stereocenters. The van der Waals surface area contributed by atoms with Gasteiger partial charge in [0, 0.05) is 11.3 Å². The van der Waals surface area contributed by atoms with E-state index < -0.39 is 17.4 Å². The molecule has 1 aromatic rings. The van der Waals surface area contributed by atoms with Gasteiger partial charge in [-0.2, -0.15) is 0 Å². The summed E-state index contributed by atoms with van der Waals surface area (Å²) in [5.74, 6) is 0.985. The Morgan fingerprint density at radius 2 is 2.12 bits per heavy atom. The zero-order valence-electron chi connectivity index (χ0n) is 14.4.